The minimum absolute atomic E-state index is 0.144. The molecular formula is C26H22Br2ClN3O7. The van der Waals surface area contributed by atoms with Gasteiger partial charge in [-0.05, 0) is 64.5 Å². The first kappa shape index (κ1) is 29.9. The zero-order valence-corrected chi connectivity index (χ0v) is 24.8. The number of amides is 2. The van der Waals surface area contributed by atoms with E-state index in [1.54, 1.807) is 36.4 Å². The van der Waals surface area contributed by atoms with Gasteiger partial charge in [0.2, 0.25) is 5.75 Å². The number of rotatable bonds is 10. The first-order valence-corrected chi connectivity index (χ1v) is 13.0. The van der Waals surface area contributed by atoms with Crippen molar-refractivity contribution in [2.45, 2.75) is 0 Å². The highest BCUT2D eigenvalue weighted by Gasteiger charge is 2.20. The Morgan fingerprint density at radius 1 is 0.897 bits per heavy atom. The molecule has 0 fully saturated rings. The molecule has 0 saturated heterocycles. The van der Waals surface area contributed by atoms with Gasteiger partial charge >= 0.3 is 5.97 Å². The molecule has 0 saturated carbocycles. The molecule has 0 atom stereocenters. The number of methoxy groups -OCH3 is 3. The van der Waals surface area contributed by atoms with Gasteiger partial charge in [-0.2, -0.15) is 5.10 Å². The number of ether oxygens (including phenoxy) is 4. The maximum absolute atomic E-state index is 13.0. The Labute approximate surface area is 245 Å². The van der Waals surface area contributed by atoms with Crippen molar-refractivity contribution >= 4 is 67.5 Å². The van der Waals surface area contributed by atoms with Gasteiger partial charge in [0, 0.05) is 20.6 Å². The maximum Gasteiger partial charge on any atom is 0.343 e. The van der Waals surface area contributed by atoms with Crippen molar-refractivity contribution in [3.63, 3.8) is 0 Å². The van der Waals surface area contributed by atoms with Crippen LogP contribution in [0.5, 0.6) is 23.0 Å². The lowest BCUT2D eigenvalue weighted by Gasteiger charge is -2.15. The Hall–Kier alpha value is -3.61. The number of hydrogen-bond acceptors (Lipinski definition) is 8. The van der Waals surface area contributed by atoms with Gasteiger partial charge in [0.05, 0.1) is 44.1 Å². The van der Waals surface area contributed by atoms with Gasteiger partial charge in [-0.15, -0.1) is 0 Å². The maximum atomic E-state index is 13.0. The van der Waals surface area contributed by atoms with Crippen molar-refractivity contribution in [2.24, 2.45) is 5.10 Å². The standard InChI is InChI=1S/C26H22Br2ClN3O7/c1-36-20-9-15(10-21(37-2)24(20)38-3)26(35)39-23-16(8-17(27)11-19(23)28)12-31-32-22(33)13-30-25(34)14-4-6-18(29)7-5-14/h4-12H,13H2,1-3H3,(H,30,34)(H,32,33)/b31-12+. The normalized spacial score (nSPS) is 10.6. The van der Waals surface area contributed by atoms with E-state index in [1.165, 1.54) is 39.7 Å². The highest BCUT2D eigenvalue weighted by Crippen LogP contribution is 2.39. The van der Waals surface area contributed by atoms with E-state index in [2.05, 4.69) is 47.7 Å². The van der Waals surface area contributed by atoms with Crippen molar-refractivity contribution in [3.8, 4) is 23.0 Å². The van der Waals surface area contributed by atoms with Gasteiger partial charge < -0.3 is 24.3 Å². The Kier molecular flexibility index (Phi) is 10.7. The molecule has 0 radical (unpaired) electrons. The summed E-state index contributed by atoms with van der Waals surface area (Å²) in [6.07, 6.45) is 1.30. The van der Waals surface area contributed by atoms with Crippen molar-refractivity contribution < 1.29 is 33.3 Å². The third-order valence-corrected chi connectivity index (χ3v) is 6.34. The smallest absolute Gasteiger partial charge is 0.343 e. The molecule has 0 bridgehead atoms. The summed E-state index contributed by atoms with van der Waals surface area (Å²) >= 11 is 12.6. The summed E-state index contributed by atoms with van der Waals surface area (Å²) in [5.74, 6) is -0.680. The minimum Gasteiger partial charge on any atom is -0.493 e. The number of carbonyl (C=O) groups is 3. The molecule has 10 nitrogen and oxygen atoms in total. The van der Waals surface area contributed by atoms with Crippen molar-refractivity contribution in [3.05, 3.63) is 79.2 Å². The molecule has 0 aliphatic carbocycles. The van der Waals surface area contributed by atoms with E-state index < -0.39 is 17.8 Å². The van der Waals surface area contributed by atoms with Crippen LogP contribution in [0.2, 0.25) is 5.02 Å². The first-order chi connectivity index (χ1) is 18.7. The average molecular weight is 684 g/mol. The fourth-order valence-electron chi connectivity index (χ4n) is 3.21. The number of hydrogen-bond donors (Lipinski definition) is 2. The van der Waals surface area contributed by atoms with E-state index in [9.17, 15) is 14.4 Å². The first-order valence-electron chi connectivity index (χ1n) is 11.0. The molecule has 0 aliphatic heterocycles. The number of nitrogens with one attached hydrogen (secondary N) is 2. The number of halogens is 3. The molecule has 2 N–H and O–H groups in total. The van der Waals surface area contributed by atoms with Crippen LogP contribution < -0.4 is 29.7 Å². The molecule has 0 unspecified atom stereocenters. The Morgan fingerprint density at radius 3 is 2.13 bits per heavy atom. The van der Waals surface area contributed by atoms with Crippen LogP contribution in [0.15, 0.2) is 62.6 Å². The third-order valence-electron chi connectivity index (χ3n) is 5.04. The predicted molar refractivity (Wildman–Crippen MR) is 152 cm³/mol. The SMILES string of the molecule is COc1cc(C(=O)Oc2c(Br)cc(Br)cc2/C=N/NC(=O)CNC(=O)c2ccc(Cl)cc2)cc(OC)c1OC. The van der Waals surface area contributed by atoms with E-state index >= 15 is 0 Å². The summed E-state index contributed by atoms with van der Waals surface area (Å²) in [5, 5.41) is 6.90. The molecule has 204 valence electrons. The number of carbonyl (C=O) groups excluding carboxylic acids is 3. The number of nitrogens with zero attached hydrogens (tertiary/aromatic N) is 1. The predicted octanol–water partition coefficient (Wildman–Crippen LogP) is 4.99. The molecule has 3 aromatic rings. The van der Waals surface area contributed by atoms with Gasteiger partial charge in [-0.25, -0.2) is 10.2 Å². The van der Waals surface area contributed by atoms with Crippen LogP contribution in [-0.4, -0.2) is 51.9 Å². The molecule has 3 rings (SSSR count). The molecule has 0 heterocycles. The summed E-state index contributed by atoms with van der Waals surface area (Å²) in [4.78, 5) is 37.4. The zero-order valence-electron chi connectivity index (χ0n) is 20.8. The van der Waals surface area contributed by atoms with E-state index in [0.717, 1.165) is 0 Å². The molecule has 0 aromatic heterocycles. The molecule has 2 amide bonds. The van der Waals surface area contributed by atoms with Gasteiger partial charge in [-0.1, -0.05) is 27.5 Å². The van der Waals surface area contributed by atoms with Crippen LogP contribution in [0, 0.1) is 0 Å². The second kappa shape index (κ2) is 14.0. The second-order valence-electron chi connectivity index (χ2n) is 7.59. The summed E-state index contributed by atoms with van der Waals surface area (Å²) in [5.41, 5.74) is 3.18. The van der Waals surface area contributed by atoms with Crippen LogP contribution >= 0.6 is 43.5 Å². The topological polar surface area (TPSA) is 125 Å². The van der Waals surface area contributed by atoms with Crippen LogP contribution in [0.1, 0.15) is 26.3 Å². The lowest BCUT2D eigenvalue weighted by atomic mass is 10.1. The molecule has 39 heavy (non-hydrogen) atoms. The van der Waals surface area contributed by atoms with E-state index in [0.29, 0.717) is 30.8 Å². The Balaban J connectivity index is 1.72. The Bertz CT molecular complexity index is 1390. The van der Waals surface area contributed by atoms with E-state index in [-0.39, 0.29) is 29.4 Å². The Morgan fingerprint density at radius 2 is 1.54 bits per heavy atom. The lowest BCUT2D eigenvalue weighted by Crippen LogP contribution is -2.34. The fourth-order valence-corrected chi connectivity index (χ4v) is 4.68. The summed E-state index contributed by atoms with van der Waals surface area (Å²) in [7, 11) is 4.32. The fraction of sp³-hybridized carbons (Fsp3) is 0.154. The molecular weight excluding hydrogens is 662 g/mol. The molecule has 13 heteroatoms. The van der Waals surface area contributed by atoms with Crippen LogP contribution in [0.25, 0.3) is 0 Å². The highest BCUT2D eigenvalue weighted by molar-refractivity contribution is 9.11. The summed E-state index contributed by atoms with van der Waals surface area (Å²) < 4.78 is 22.6. The van der Waals surface area contributed by atoms with Crippen LogP contribution in [-0.2, 0) is 4.79 Å². The average Bonchev–Trinajstić information content (AvgIpc) is 2.92. The molecule has 0 aliphatic rings. The largest absolute Gasteiger partial charge is 0.493 e. The van der Waals surface area contributed by atoms with E-state index in [1.807, 2.05) is 0 Å². The van der Waals surface area contributed by atoms with E-state index in [4.69, 9.17) is 30.5 Å². The van der Waals surface area contributed by atoms with Gasteiger partial charge in [0.15, 0.2) is 17.2 Å². The van der Waals surface area contributed by atoms with Crippen molar-refractivity contribution in [1.29, 1.82) is 0 Å². The monoisotopic (exact) mass is 681 g/mol. The van der Waals surface area contributed by atoms with Crippen molar-refractivity contribution in [2.75, 3.05) is 27.9 Å². The van der Waals surface area contributed by atoms with Gasteiger partial charge in [0.25, 0.3) is 11.8 Å². The third kappa shape index (κ3) is 7.94. The molecule has 0 spiro atoms. The summed E-state index contributed by atoms with van der Waals surface area (Å²) in [6, 6.07) is 12.5. The number of esters is 1. The highest BCUT2D eigenvalue weighted by atomic mass is 79.9. The van der Waals surface area contributed by atoms with Gasteiger partial charge in [0.1, 0.15) is 0 Å². The van der Waals surface area contributed by atoms with Gasteiger partial charge in [-0.3, -0.25) is 9.59 Å². The van der Waals surface area contributed by atoms with Crippen LogP contribution in [0.3, 0.4) is 0 Å². The summed E-state index contributed by atoms with van der Waals surface area (Å²) in [6.45, 7) is -0.316. The minimum atomic E-state index is -0.708. The number of benzene rings is 3. The van der Waals surface area contributed by atoms with Crippen molar-refractivity contribution in [1.82, 2.24) is 10.7 Å². The zero-order chi connectivity index (χ0) is 28.5. The lowest BCUT2D eigenvalue weighted by molar-refractivity contribution is -0.120. The molecule has 3 aromatic carbocycles. The second-order valence-corrected chi connectivity index (χ2v) is 9.80. The quantitative estimate of drug-likeness (QED) is 0.134. The number of hydrazone groups is 1. The van der Waals surface area contributed by atoms with Crippen LogP contribution in [0.4, 0.5) is 0 Å².